The van der Waals surface area contributed by atoms with Gasteiger partial charge < -0.3 is 20.7 Å². The van der Waals surface area contributed by atoms with Gasteiger partial charge in [0.1, 0.15) is 17.7 Å². The number of hydrogen-bond acceptors (Lipinski definition) is 6. The highest BCUT2D eigenvalue weighted by molar-refractivity contribution is 7.90. The summed E-state index contributed by atoms with van der Waals surface area (Å²) in [5.74, 6) is -2.66. The summed E-state index contributed by atoms with van der Waals surface area (Å²) in [4.78, 5) is 26.6. The third kappa shape index (κ3) is 8.29. The molecule has 0 bridgehead atoms. The number of nitrogens with one attached hydrogen (secondary N) is 3. The summed E-state index contributed by atoms with van der Waals surface area (Å²) in [6, 6.07) is 14.9. The summed E-state index contributed by atoms with van der Waals surface area (Å²) < 4.78 is 62.7. The normalized spacial score (nSPS) is 19.9. The summed E-state index contributed by atoms with van der Waals surface area (Å²) in [5, 5.41) is 8.72. The number of ether oxygens (including phenoxy) is 1. The lowest BCUT2D eigenvalue weighted by Gasteiger charge is -2.40. The fourth-order valence-corrected chi connectivity index (χ4v) is 8.79. The van der Waals surface area contributed by atoms with Crippen LogP contribution in [0.15, 0.2) is 66.7 Å². The fraction of sp³-hybridized carbons (Fsp3) is 0.412. The van der Waals surface area contributed by atoms with Crippen LogP contribution >= 0.6 is 11.6 Å². The Bertz CT molecular complexity index is 1660. The van der Waals surface area contributed by atoms with E-state index in [1.54, 1.807) is 40.7 Å². The predicted molar refractivity (Wildman–Crippen MR) is 177 cm³/mol. The van der Waals surface area contributed by atoms with E-state index in [1.165, 1.54) is 30.3 Å². The molecule has 1 aliphatic carbocycles. The SMILES string of the molecule is COC(=O)N[C@H](C(=O)Nc1cccc(F)c1CCC[C@H]1CNC[C@H](C)N1S(=O)(=O)C1CC1)[C@H](c1cccc(F)c1)c1cccc(Cl)c1. The molecule has 2 fully saturated rings. The maximum absolute atomic E-state index is 15.3. The van der Waals surface area contributed by atoms with Crippen molar-refractivity contribution in [3.8, 4) is 0 Å². The molecule has 47 heavy (non-hydrogen) atoms. The number of halogens is 3. The lowest BCUT2D eigenvalue weighted by molar-refractivity contribution is -0.118. The number of hydrogen-bond donors (Lipinski definition) is 3. The monoisotopic (exact) mass is 688 g/mol. The summed E-state index contributed by atoms with van der Waals surface area (Å²) in [6.45, 7) is 2.96. The maximum atomic E-state index is 15.3. The molecule has 3 aromatic rings. The molecule has 9 nitrogen and oxygen atoms in total. The average Bonchev–Trinajstić information content (AvgIpc) is 3.89. The van der Waals surface area contributed by atoms with Gasteiger partial charge in [0.15, 0.2) is 0 Å². The highest BCUT2D eigenvalue weighted by atomic mass is 35.5. The lowest BCUT2D eigenvalue weighted by atomic mass is 9.84. The van der Waals surface area contributed by atoms with Crippen molar-refractivity contribution in [3.63, 3.8) is 0 Å². The standard InChI is InChI=1S/C34H39ClF2N4O5S/c1-21-19-38-20-26(41(21)47(44,45)27-15-16-27)11-5-12-28-29(37)13-6-14-30(28)39-33(42)32(40-34(43)46-2)31(22-7-3-9-24(35)17-22)23-8-4-10-25(36)18-23/h3-4,6-10,13-14,17-18,21,26-27,31-32,38H,5,11-12,15-16,19-20H2,1-2H3,(H,39,42)(H,40,43)/t21-,26-,31-,32-/m0/s1. The molecule has 252 valence electrons. The zero-order valence-corrected chi connectivity index (χ0v) is 27.8. The van der Waals surface area contributed by atoms with Gasteiger partial charge in [-0.1, -0.05) is 41.9 Å². The molecule has 2 amide bonds. The van der Waals surface area contributed by atoms with Gasteiger partial charge in [0.2, 0.25) is 15.9 Å². The Balaban J connectivity index is 1.40. The molecule has 1 saturated heterocycles. The molecule has 3 aromatic carbocycles. The molecule has 1 aliphatic heterocycles. The van der Waals surface area contributed by atoms with Crippen LogP contribution in [0.5, 0.6) is 0 Å². The van der Waals surface area contributed by atoms with E-state index < -0.39 is 45.6 Å². The third-order valence-electron chi connectivity index (χ3n) is 8.68. The number of amides is 2. The number of piperazine rings is 1. The van der Waals surface area contributed by atoms with Gasteiger partial charge in [-0.05, 0) is 86.6 Å². The molecule has 4 atom stereocenters. The third-order valence-corrected chi connectivity index (χ3v) is 11.5. The molecule has 3 N–H and O–H groups in total. The first-order valence-corrected chi connectivity index (χ1v) is 17.5. The Morgan fingerprint density at radius 2 is 1.74 bits per heavy atom. The van der Waals surface area contributed by atoms with Gasteiger partial charge in [0, 0.05) is 47.4 Å². The van der Waals surface area contributed by atoms with Gasteiger partial charge in [-0.25, -0.2) is 22.0 Å². The van der Waals surface area contributed by atoms with E-state index in [9.17, 15) is 22.4 Å². The van der Waals surface area contributed by atoms with Crippen LogP contribution in [0.2, 0.25) is 5.02 Å². The van der Waals surface area contributed by atoms with Crippen LogP contribution in [0.25, 0.3) is 0 Å². The van der Waals surface area contributed by atoms with Crippen molar-refractivity contribution in [3.05, 3.63) is 100 Å². The first-order chi connectivity index (χ1) is 22.5. The van der Waals surface area contributed by atoms with Crippen LogP contribution in [-0.2, 0) is 26.0 Å². The van der Waals surface area contributed by atoms with Crippen molar-refractivity contribution in [2.45, 2.75) is 68.3 Å². The number of methoxy groups -OCH3 is 1. The summed E-state index contributed by atoms with van der Waals surface area (Å²) in [6.07, 6.45) is 1.63. The lowest BCUT2D eigenvalue weighted by Crippen LogP contribution is -2.58. The number of benzene rings is 3. The Hall–Kier alpha value is -3.58. The predicted octanol–water partition coefficient (Wildman–Crippen LogP) is 5.59. The topological polar surface area (TPSA) is 117 Å². The minimum atomic E-state index is -3.41. The maximum Gasteiger partial charge on any atom is 0.407 e. The van der Waals surface area contributed by atoms with E-state index in [0.29, 0.717) is 54.9 Å². The van der Waals surface area contributed by atoms with Crippen molar-refractivity contribution in [1.29, 1.82) is 0 Å². The highest BCUT2D eigenvalue weighted by Crippen LogP contribution is 2.35. The minimum absolute atomic E-state index is 0.188. The zero-order valence-electron chi connectivity index (χ0n) is 26.2. The number of rotatable bonds is 12. The van der Waals surface area contributed by atoms with Crippen LogP contribution in [0.4, 0.5) is 19.3 Å². The number of nitrogens with zero attached hydrogens (tertiary/aromatic N) is 1. The van der Waals surface area contributed by atoms with E-state index in [-0.39, 0.29) is 35.0 Å². The Labute approximate surface area is 279 Å². The Morgan fingerprint density at radius 1 is 1.04 bits per heavy atom. The average molecular weight is 689 g/mol. The van der Waals surface area contributed by atoms with Gasteiger partial charge in [-0.15, -0.1) is 0 Å². The minimum Gasteiger partial charge on any atom is -0.453 e. The second kappa shape index (κ2) is 15.1. The number of carbonyl (C=O) groups excluding carboxylic acids is 2. The van der Waals surface area contributed by atoms with E-state index in [2.05, 4.69) is 16.0 Å². The molecule has 1 saturated carbocycles. The Morgan fingerprint density at radius 3 is 2.43 bits per heavy atom. The number of sulfonamides is 1. The van der Waals surface area contributed by atoms with Crippen LogP contribution in [0.3, 0.4) is 0 Å². The largest absolute Gasteiger partial charge is 0.453 e. The molecule has 13 heteroatoms. The van der Waals surface area contributed by atoms with Crippen molar-refractivity contribution in [2.24, 2.45) is 0 Å². The molecule has 0 radical (unpaired) electrons. The number of anilines is 1. The zero-order chi connectivity index (χ0) is 33.7. The van der Waals surface area contributed by atoms with Gasteiger partial charge >= 0.3 is 6.09 Å². The van der Waals surface area contributed by atoms with E-state index >= 15 is 4.39 Å². The summed E-state index contributed by atoms with van der Waals surface area (Å²) in [5.41, 5.74) is 1.37. The van der Waals surface area contributed by atoms with Crippen LogP contribution in [0.1, 0.15) is 55.2 Å². The fourth-order valence-electron chi connectivity index (χ4n) is 6.34. The van der Waals surface area contributed by atoms with Crippen LogP contribution in [-0.4, -0.2) is 68.3 Å². The molecule has 2 aliphatic rings. The molecular formula is C34H39ClF2N4O5S. The summed E-state index contributed by atoms with van der Waals surface area (Å²) in [7, 11) is -2.25. The number of alkyl carbamates (subject to hydrolysis) is 1. The van der Waals surface area contributed by atoms with Gasteiger partial charge in [-0.2, -0.15) is 4.31 Å². The van der Waals surface area contributed by atoms with E-state index in [4.69, 9.17) is 16.3 Å². The molecule has 5 rings (SSSR count). The number of carbonyl (C=O) groups is 2. The summed E-state index contributed by atoms with van der Waals surface area (Å²) >= 11 is 6.29. The highest BCUT2D eigenvalue weighted by Gasteiger charge is 2.45. The molecule has 0 unspecified atom stereocenters. The molecule has 1 heterocycles. The quantitative estimate of drug-likeness (QED) is 0.229. The van der Waals surface area contributed by atoms with Crippen LogP contribution in [0, 0.1) is 11.6 Å². The van der Waals surface area contributed by atoms with Gasteiger partial charge in [0.05, 0.1) is 12.4 Å². The second-order valence-electron chi connectivity index (χ2n) is 12.1. The van der Waals surface area contributed by atoms with E-state index in [1.807, 2.05) is 6.92 Å². The Kier molecular flexibility index (Phi) is 11.2. The van der Waals surface area contributed by atoms with Crippen LogP contribution < -0.4 is 16.0 Å². The van der Waals surface area contributed by atoms with Crippen molar-refractivity contribution < 1.29 is 31.5 Å². The van der Waals surface area contributed by atoms with Gasteiger partial charge in [-0.3, -0.25) is 4.79 Å². The first kappa shape index (κ1) is 34.7. The second-order valence-corrected chi connectivity index (χ2v) is 14.6. The molecular weight excluding hydrogens is 650 g/mol. The van der Waals surface area contributed by atoms with E-state index in [0.717, 1.165) is 7.11 Å². The van der Waals surface area contributed by atoms with Crippen molar-refractivity contribution in [2.75, 3.05) is 25.5 Å². The molecule has 0 aromatic heterocycles. The van der Waals surface area contributed by atoms with Gasteiger partial charge in [0.25, 0.3) is 0 Å². The first-order valence-electron chi connectivity index (χ1n) is 15.7. The van der Waals surface area contributed by atoms with Crippen molar-refractivity contribution >= 4 is 39.3 Å². The smallest absolute Gasteiger partial charge is 0.407 e. The van der Waals surface area contributed by atoms with Crippen molar-refractivity contribution in [1.82, 2.24) is 14.9 Å². The molecule has 0 spiro atoms.